The van der Waals surface area contributed by atoms with E-state index in [0.29, 0.717) is 11.8 Å². The lowest BCUT2D eigenvalue weighted by atomic mass is 9.49. The van der Waals surface area contributed by atoms with Crippen LogP contribution in [-0.2, 0) is 0 Å². The van der Waals surface area contributed by atoms with Gasteiger partial charge in [-0.15, -0.1) is 0 Å². The Morgan fingerprint density at radius 1 is 0.778 bits per heavy atom. The van der Waals surface area contributed by atoms with E-state index in [1.54, 1.807) is 0 Å². The van der Waals surface area contributed by atoms with Gasteiger partial charge in [0.2, 0.25) is 0 Å². The molecule has 3 heteroatoms. The lowest BCUT2D eigenvalue weighted by Gasteiger charge is -2.60. The summed E-state index contributed by atoms with van der Waals surface area (Å²) >= 11 is 0. The summed E-state index contributed by atoms with van der Waals surface area (Å²) in [5, 5.41) is 0. The molecule has 4 aliphatic carbocycles. The Balaban J connectivity index is 1.43. The molecule has 0 saturated heterocycles. The van der Waals surface area contributed by atoms with Crippen molar-refractivity contribution in [1.29, 1.82) is 0 Å². The van der Waals surface area contributed by atoms with Crippen molar-refractivity contribution in [2.24, 2.45) is 23.7 Å². The van der Waals surface area contributed by atoms with Crippen molar-refractivity contribution < 1.29 is 4.74 Å². The molecule has 0 radical (unpaired) electrons. The highest BCUT2D eigenvalue weighted by molar-refractivity contribution is 5.92. The third-order valence-corrected chi connectivity index (χ3v) is 7.71. The number of rotatable bonds is 0. The van der Waals surface area contributed by atoms with Gasteiger partial charge >= 0.3 is 0 Å². The number of nitrogens with zero attached hydrogens (tertiary/aromatic N) is 2. The van der Waals surface area contributed by atoms with Crippen molar-refractivity contribution in [3.05, 3.63) is 48.0 Å². The Morgan fingerprint density at radius 2 is 1.48 bits per heavy atom. The molecule has 1 spiro atoms. The topological polar surface area (TPSA) is 35.0 Å². The van der Waals surface area contributed by atoms with Gasteiger partial charge in [-0.1, -0.05) is 18.2 Å². The molecule has 8 rings (SSSR count). The van der Waals surface area contributed by atoms with Gasteiger partial charge in [-0.3, -0.25) is 0 Å². The van der Waals surface area contributed by atoms with Crippen LogP contribution >= 0.6 is 0 Å². The largest absolute Gasteiger partial charge is 0.480 e. The summed E-state index contributed by atoms with van der Waals surface area (Å²) in [6.45, 7) is 0. The quantitative estimate of drug-likeness (QED) is 0.508. The molecular weight excluding hydrogens is 332 g/mol. The normalized spacial score (nSPS) is 35.7. The summed E-state index contributed by atoms with van der Waals surface area (Å²) < 4.78 is 6.97. The summed E-state index contributed by atoms with van der Waals surface area (Å²) in [7, 11) is 0. The average Bonchev–Trinajstić information content (AvgIpc) is 2.70. The smallest absolute Gasteiger partial charge is 0.155 e. The van der Waals surface area contributed by atoms with E-state index in [0.717, 1.165) is 45.2 Å². The van der Waals surface area contributed by atoms with Crippen molar-refractivity contribution in [3.63, 3.8) is 0 Å². The lowest BCUT2D eigenvalue weighted by Crippen LogP contribution is -2.60. The van der Waals surface area contributed by atoms with Gasteiger partial charge in [-0.2, -0.15) is 0 Å². The first kappa shape index (κ1) is 14.6. The Kier molecular flexibility index (Phi) is 2.65. The predicted molar refractivity (Wildman–Crippen MR) is 106 cm³/mol. The van der Waals surface area contributed by atoms with Gasteiger partial charge in [0, 0.05) is 17.4 Å². The molecule has 1 aromatic heterocycles. The van der Waals surface area contributed by atoms with E-state index >= 15 is 0 Å². The first-order valence-electron chi connectivity index (χ1n) is 10.4. The highest BCUT2D eigenvalue weighted by Crippen LogP contribution is 2.61. The van der Waals surface area contributed by atoms with Crippen molar-refractivity contribution >= 4 is 28.1 Å². The second-order valence-corrected chi connectivity index (χ2v) is 9.16. The fourth-order valence-electron chi connectivity index (χ4n) is 6.71. The van der Waals surface area contributed by atoms with E-state index in [4.69, 9.17) is 14.7 Å². The maximum Gasteiger partial charge on any atom is 0.155 e. The van der Waals surface area contributed by atoms with Crippen molar-refractivity contribution in [2.45, 2.75) is 37.7 Å². The molecule has 0 unspecified atom stereocenters. The van der Waals surface area contributed by atoms with Gasteiger partial charge in [0.25, 0.3) is 0 Å². The number of hydrogen-bond acceptors (Lipinski definition) is 3. The van der Waals surface area contributed by atoms with Gasteiger partial charge in [-0.05, 0) is 74.3 Å². The highest BCUT2D eigenvalue weighted by atomic mass is 16.5. The number of ether oxygens (including phenoxy) is 1. The molecular formula is C24H22N2O. The molecule has 134 valence electrons. The molecule has 0 N–H and O–H groups in total. The summed E-state index contributed by atoms with van der Waals surface area (Å²) in [5.41, 5.74) is 4.77. The van der Waals surface area contributed by atoms with Gasteiger partial charge in [0.1, 0.15) is 11.1 Å². The molecule has 4 fully saturated rings. The van der Waals surface area contributed by atoms with E-state index in [2.05, 4.69) is 24.3 Å². The molecule has 5 aliphatic rings. The van der Waals surface area contributed by atoms with Crippen LogP contribution in [0.3, 0.4) is 0 Å². The van der Waals surface area contributed by atoms with Crippen molar-refractivity contribution in [2.75, 3.05) is 0 Å². The van der Waals surface area contributed by atoms with E-state index in [9.17, 15) is 0 Å². The standard InChI is InChI=1S/C24H22N2O/c1-2-4-20-19(3-1)25-21-6-5-16-7-8-24(27-23(16)22(21)26-20)17-10-14-9-15(12-17)13-18(24)11-14/h1-8,14-15,17-18H,9-13H2. The maximum absolute atomic E-state index is 6.97. The molecule has 1 aliphatic heterocycles. The fourth-order valence-corrected chi connectivity index (χ4v) is 6.71. The van der Waals surface area contributed by atoms with Crippen molar-refractivity contribution in [3.8, 4) is 5.75 Å². The average molecular weight is 354 g/mol. The number of hydrogen-bond donors (Lipinski definition) is 0. The van der Waals surface area contributed by atoms with Crippen LogP contribution < -0.4 is 4.74 Å². The maximum atomic E-state index is 6.97. The van der Waals surface area contributed by atoms with Gasteiger partial charge in [0.15, 0.2) is 5.75 Å². The molecule has 2 heterocycles. The second kappa shape index (κ2) is 4.89. The van der Waals surface area contributed by atoms with Crippen LogP contribution in [0.5, 0.6) is 5.75 Å². The molecule has 3 aromatic rings. The zero-order chi connectivity index (χ0) is 17.6. The summed E-state index contributed by atoms with van der Waals surface area (Å²) in [4.78, 5) is 9.81. The number of fused-ring (bicyclic) bond motifs is 4. The summed E-state index contributed by atoms with van der Waals surface area (Å²) in [5.74, 6) is 4.17. The van der Waals surface area contributed by atoms with Crippen LogP contribution in [0.2, 0.25) is 0 Å². The van der Waals surface area contributed by atoms with Crippen LogP contribution in [0.15, 0.2) is 42.5 Å². The van der Waals surface area contributed by atoms with E-state index < -0.39 is 0 Å². The van der Waals surface area contributed by atoms with E-state index in [1.165, 1.54) is 32.1 Å². The zero-order valence-corrected chi connectivity index (χ0v) is 15.3. The van der Waals surface area contributed by atoms with Gasteiger partial charge in [-0.25, -0.2) is 9.97 Å². The summed E-state index contributed by atoms with van der Waals surface area (Å²) in [6.07, 6.45) is 11.5. The molecule has 2 aromatic carbocycles. The first-order valence-corrected chi connectivity index (χ1v) is 10.4. The minimum Gasteiger partial charge on any atom is -0.480 e. The van der Waals surface area contributed by atoms with E-state index in [1.807, 2.05) is 24.3 Å². The second-order valence-electron chi connectivity index (χ2n) is 9.16. The number of para-hydroxylation sites is 2. The Morgan fingerprint density at radius 3 is 2.22 bits per heavy atom. The molecule has 27 heavy (non-hydrogen) atoms. The van der Waals surface area contributed by atoms with Crippen molar-refractivity contribution in [1.82, 2.24) is 9.97 Å². The minimum atomic E-state index is -0.109. The zero-order valence-electron chi connectivity index (χ0n) is 15.3. The van der Waals surface area contributed by atoms with Crippen LogP contribution in [-0.4, -0.2) is 15.6 Å². The third kappa shape index (κ3) is 1.87. The molecule has 4 saturated carbocycles. The fraction of sp³-hybridized carbons (Fsp3) is 0.417. The molecule has 3 nitrogen and oxygen atoms in total. The highest BCUT2D eigenvalue weighted by Gasteiger charge is 2.58. The molecule has 4 bridgehead atoms. The third-order valence-electron chi connectivity index (χ3n) is 7.71. The van der Waals surface area contributed by atoms with Crippen LogP contribution in [0.1, 0.15) is 37.7 Å². The first-order chi connectivity index (χ1) is 13.3. The Hall–Kier alpha value is -2.42. The Bertz CT molecular complexity index is 1100. The van der Waals surface area contributed by atoms with Gasteiger partial charge in [0.05, 0.1) is 16.6 Å². The minimum absolute atomic E-state index is 0.109. The SMILES string of the molecule is C1=CC2(Oc3c1ccc1nc4ccccc4nc31)C1CC3CC(C1)CC2C3. The lowest BCUT2D eigenvalue weighted by molar-refractivity contribution is -0.128. The van der Waals surface area contributed by atoms with Crippen LogP contribution in [0.25, 0.3) is 28.1 Å². The van der Waals surface area contributed by atoms with Gasteiger partial charge < -0.3 is 4.74 Å². The Labute approximate surface area is 158 Å². The predicted octanol–water partition coefficient (Wildman–Crippen LogP) is 5.38. The molecule has 0 atom stereocenters. The van der Waals surface area contributed by atoms with Crippen LogP contribution in [0, 0.1) is 23.7 Å². The van der Waals surface area contributed by atoms with Crippen LogP contribution in [0.4, 0.5) is 0 Å². The monoisotopic (exact) mass is 354 g/mol. The van der Waals surface area contributed by atoms with E-state index in [-0.39, 0.29) is 5.60 Å². The molecule has 0 amide bonds. The number of benzene rings is 2. The number of aromatic nitrogens is 2. The summed E-state index contributed by atoms with van der Waals surface area (Å²) in [6, 6.07) is 12.3.